The first-order valence-electron chi connectivity index (χ1n) is 19.8. The summed E-state index contributed by atoms with van der Waals surface area (Å²) in [6, 6.07) is 0. The molecule has 0 radical (unpaired) electrons. The number of hydrogen-bond donors (Lipinski definition) is 9. The number of aliphatic hydroxyl groups is 8. The van der Waals surface area contributed by atoms with Crippen LogP contribution in [0.5, 0.6) is 0 Å². The largest absolute Gasteiger partial charge is 0.397 e. The van der Waals surface area contributed by atoms with Gasteiger partial charge in [0.1, 0.15) is 36.6 Å². The Morgan fingerprint density at radius 3 is 2.19 bits per heavy atom. The molecule has 2 heterocycles. The van der Waals surface area contributed by atoms with E-state index in [0.717, 1.165) is 19.3 Å². The van der Waals surface area contributed by atoms with Gasteiger partial charge in [-0.25, -0.2) is 4.18 Å². The fourth-order valence-corrected chi connectivity index (χ4v) is 12.4. The van der Waals surface area contributed by atoms with E-state index in [2.05, 4.69) is 25.0 Å². The van der Waals surface area contributed by atoms with Gasteiger partial charge in [-0.1, -0.05) is 34.6 Å². The average Bonchev–Trinajstić information content (AvgIpc) is 3.53. The van der Waals surface area contributed by atoms with Crippen molar-refractivity contribution in [2.24, 2.45) is 46.3 Å². The Hall–Kier alpha value is -0.610. The number of fused-ring (bicyclic) bond motifs is 5. The lowest BCUT2D eigenvalue weighted by Gasteiger charge is -2.66. The van der Waals surface area contributed by atoms with Crippen LogP contribution in [0, 0.1) is 46.3 Å². The zero-order valence-corrected chi connectivity index (χ0v) is 32.8. The molecule has 17 heteroatoms. The molecule has 4 saturated carbocycles. The van der Waals surface area contributed by atoms with E-state index in [1.165, 1.54) is 0 Å². The Balaban J connectivity index is 1.15. The molecule has 54 heavy (non-hydrogen) atoms. The molecule has 9 N–H and O–H groups in total. The van der Waals surface area contributed by atoms with Gasteiger partial charge in [0, 0.05) is 12.3 Å². The van der Waals surface area contributed by atoms with Gasteiger partial charge in [-0.05, 0) is 91.8 Å². The molecule has 20 atom stereocenters. The summed E-state index contributed by atoms with van der Waals surface area (Å²) >= 11 is 0. The highest BCUT2D eigenvalue weighted by Gasteiger charge is 2.70. The fourth-order valence-electron chi connectivity index (χ4n) is 12.1. The molecule has 6 aliphatic rings. The molecule has 20 unspecified atom stereocenters. The first-order chi connectivity index (χ1) is 25.1. The predicted molar refractivity (Wildman–Crippen MR) is 188 cm³/mol. The van der Waals surface area contributed by atoms with Crippen LogP contribution in [-0.4, -0.2) is 146 Å². The topological polar surface area (TPSA) is 262 Å². The summed E-state index contributed by atoms with van der Waals surface area (Å²) in [5.74, 6) is -0.558. The Morgan fingerprint density at radius 2 is 1.52 bits per heavy atom. The second-order valence-corrected chi connectivity index (χ2v) is 19.4. The molecule has 0 amide bonds. The van der Waals surface area contributed by atoms with Crippen molar-refractivity contribution in [3.8, 4) is 0 Å². The molecule has 0 aromatic carbocycles. The minimum Gasteiger partial charge on any atom is -0.393 e. The summed E-state index contributed by atoms with van der Waals surface area (Å²) in [5, 5.41) is 88.0. The minimum atomic E-state index is -4.88. The van der Waals surface area contributed by atoms with Gasteiger partial charge in [-0.3, -0.25) is 4.55 Å². The SMILES string of the molecule is CC(C)C(CCC(C)C1CC(O)C2C1(C)CCC1C3(C)CCC(O)CC3C(O)CC12O)OC1OC(COS(=O)(=O)O)C(O)C1OC1OCC(O)C(O)C1O. The first kappa shape index (κ1) is 43.0. The van der Waals surface area contributed by atoms with Crippen LogP contribution < -0.4 is 0 Å². The summed E-state index contributed by atoms with van der Waals surface area (Å²) in [7, 11) is -4.88. The maximum atomic E-state index is 12.6. The van der Waals surface area contributed by atoms with E-state index in [4.69, 9.17) is 23.5 Å². The minimum absolute atomic E-state index is 0.0560. The van der Waals surface area contributed by atoms with Crippen LogP contribution in [-0.2, 0) is 33.5 Å². The van der Waals surface area contributed by atoms with E-state index in [1.54, 1.807) is 0 Å². The number of hydrogen-bond acceptors (Lipinski definition) is 15. The fraction of sp³-hybridized carbons (Fsp3) is 1.00. The van der Waals surface area contributed by atoms with E-state index >= 15 is 0 Å². The molecule has 2 aliphatic heterocycles. The molecule has 6 fully saturated rings. The normalized spacial score (nSPS) is 50.7. The monoisotopic (exact) mass is 796 g/mol. The van der Waals surface area contributed by atoms with Gasteiger partial charge >= 0.3 is 10.4 Å². The van der Waals surface area contributed by atoms with Gasteiger partial charge in [0.15, 0.2) is 12.6 Å². The zero-order chi connectivity index (χ0) is 39.7. The molecule has 0 aromatic heterocycles. The Labute approximate surface area is 318 Å². The van der Waals surface area contributed by atoms with Gasteiger partial charge in [-0.15, -0.1) is 0 Å². The summed E-state index contributed by atoms with van der Waals surface area (Å²) in [6.07, 6.45) is -8.85. The van der Waals surface area contributed by atoms with Crippen molar-refractivity contribution >= 4 is 10.4 Å². The van der Waals surface area contributed by atoms with Crippen LogP contribution in [0.2, 0.25) is 0 Å². The van der Waals surface area contributed by atoms with Crippen molar-refractivity contribution in [3.05, 3.63) is 0 Å². The maximum Gasteiger partial charge on any atom is 0.397 e. The van der Waals surface area contributed by atoms with Crippen LogP contribution in [0.15, 0.2) is 0 Å². The third-order valence-corrected chi connectivity index (χ3v) is 15.2. The molecule has 4 aliphatic carbocycles. The van der Waals surface area contributed by atoms with Crippen molar-refractivity contribution in [1.29, 1.82) is 0 Å². The molecule has 2 saturated heterocycles. The second-order valence-electron chi connectivity index (χ2n) is 18.4. The third-order valence-electron chi connectivity index (χ3n) is 14.8. The standard InChI is InChI=1S/C37H64O16S/c1-17(2)25(51-34-31(29(43)26(52-34)16-50-54(46,47)48)53-33-30(44)28(42)24(41)15-49-33)7-6-18(3)20-13-22(39)32-36(20,5)11-9-27-35(4)10-8-19(38)12-21(35)23(40)14-37(27,32)45/h17-34,38-45H,6-16H2,1-5H3,(H,46,47,48). The number of ether oxygens (including phenoxy) is 4. The molecule has 6 rings (SSSR count). The third kappa shape index (κ3) is 7.92. The highest BCUT2D eigenvalue weighted by atomic mass is 32.3. The average molecular weight is 797 g/mol. The molecule has 314 valence electrons. The number of rotatable bonds is 12. The molecule has 16 nitrogen and oxygen atoms in total. The van der Waals surface area contributed by atoms with Gasteiger partial charge in [-0.2, -0.15) is 8.42 Å². The van der Waals surface area contributed by atoms with Gasteiger partial charge in [0.2, 0.25) is 0 Å². The van der Waals surface area contributed by atoms with Crippen molar-refractivity contribution < 1.29 is 77.0 Å². The summed E-state index contributed by atoms with van der Waals surface area (Å²) in [6.45, 7) is 9.23. The van der Waals surface area contributed by atoms with Crippen molar-refractivity contribution in [2.45, 2.75) is 172 Å². The molecule has 0 spiro atoms. The lowest BCUT2D eigenvalue weighted by atomic mass is 9.42. The van der Waals surface area contributed by atoms with E-state index in [-0.39, 0.29) is 48.0 Å². The molecule has 0 aromatic rings. The summed E-state index contributed by atoms with van der Waals surface area (Å²) < 4.78 is 59.7. The smallest absolute Gasteiger partial charge is 0.393 e. The summed E-state index contributed by atoms with van der Waals surface area (Å²) in [5.41, 5.74) is -1.98. The highest BCUT2D eigenvalue weighted by molar-refractivity contribution is 7.80. The Morgan fingerprint density at radius 1 is 0.833 bits per heavy atom. The second kappa shape index (κ2) is 15.9. The summed E-state index contributed by atoms with van der Waals surface area (Å²) in [4.78, 5) is 0. The van der Waals surface area contributed by atoms with Crippen LogP contribution in [0.3, 0.4) is 0 Å². The van der Waals surface area contributed by atoms with Crippen LogP contribution in [0.25, 0.3) is 0 Å². The first-order valence-corrected chi connectivity index (χ1v) is 21.2. The Bertz CT molecular complexity index is 1400. The van der Waals surface area contributed by atoms with E-state index in [0.29, 0.717) is 32.1 Å². The lowest BCUT2D eigenvalue weighted by Crippen LogP contribution is -2.68. The van der Waals surface area contributed by atoms with Crippen molar-refractivity contribution in [3.63, 3.8) is 0 Å². The van der Waals surface area contributed by atoms with Crippen LogP contribution >= 0.6 is 0 Å². The number of aliphatic hydroxyl groups excluding tert-OH is 7. The Kier molecular flexibility index (Phi) is 12.6. The van der Waals surface area contributed by atoms with Crippen LogP contribution in [0.1, 0.15) is 92.4 Å². The molecular formula is C37H64O16S. The van der Waals surface area contributed by atoms with Crippen LogP contribution in [0.4, 0.5) is 0 Å². The zero-order valence-electron chi connectivity index (χ0n) is 32.0. The van der Waals surface area contributed by atoms with Crippen molar-refractivity contribution in [2.75, 3.05) is 13.2 Å². The van der Waals surface area contributed by atoms with E-state index in [1.807, 2.05) is 13.8 Å². The predicted octanol–water partition coefficient (Wildman–Crippen LogP) is 0.250. The van der Waals surface area contributed by atoms with Gasteiger partial charge in [0.25, 0.3) is 0 Å². The molecule has 0 bridgehead atoms. The van der Waals surface area contributed by atoms with Gasteiger partial charge in [0.05, 0.1) is 43.2 Å². The maximum absolute atomic E-state index is 12.6. The quantitative estimate of drug-likeness (QED) is 0.120. The van der Waals surface area contributed by atoms with E-state index in [9.17, 15) is 49.3 Å². The van der Waals surface area contributed by atoms with Crippen molar-refractivity contribution in [1.82, 2.24) is 0 Å². The molecular weight excluding hydrogens is 732 g/mol. The lowest BCUT2D eigenvalue weighted by molar-refractivity contribution is -0.307. The highest BCUT2D eigenvalue weighted by Crippen LogP contribution is 2.69. The van der Waals surface area contributed by atoms with Gasteiger partial charge < -0.3 is 59.8 Å². The van der Waals surface area contributed by atoms with E-state index < -0.39 is 108 Å².